The molecular weight excluding hydrogens is 330 g/mol. The normalized spacial score (nSPS) is 17.7. The highest BCUT2D eigenvalue weighted by Gasteiger charge is 2.32. The first-order chi connectivity index (χ1) is 11.5. The number of thioether (sulfide) groups is 1. The number of nitrogens with zero attached hydrogens (tertiary/aromatic N) is 3. The molecule has 3 heterocycles. The number of hydrogen-bond donors (Lipinski definition) is 2. The lowest BCUT2D eigenvalue weighted by molar-refractivity contribution is -0.129. The molecule has 24 heavy (non-hydrogen) atoms. The average molecular weight is 349 g/mol. The molecule has 0 radical (unpaired) electrons. The smallest absolute Gasteiger partial charge is 0.287 e. The average Bonchev–Trinajstić information content (AvgIpc) is 3.25. The van der Waals surface area contributed by atoms with Gasteiger partial charge in [-0.25, -0.2) is 4.98 Å². The molecule has 2 aromatic heterocycles. The van der Waals surface area contributed by atoms with Crippen molar-refractivity contribution in [1.29, 1.82) is 0 Å². The second kappa shape index (κ2) is 7.08. The number of hydrogen-bond acceptors (Lipinski definition) is 6. The van der Waals surface area contributed by atoms with Crippen LogP contribution in [0.3, 0.4) is 0 Å². The number of aromatic nitrogens is 3. The van der Waals surface area contributed by atoms with E-state index in [2.05, 4.69) is 20.5 Å². The minimum absolute atomic E-state index is 0.0684. The van der Waals surface area contributed by atoms with Crippen LogP contribution in [0.25, 0.3) is 0 Å². The number of amides is 2. The zero-order valence-corrected chi connectivity index (χ0v) is 14.3. The Morgan fingerprint density at radius 1 is 1.54 bits per heavy atom. The van der Waals surface area contributed by atoms with Gasteiger partial charge < -0.3 is 14.6 Å². The molecule has 0 spiro atoms. The van der Waals surface area contributed by atoms with E-state index in [-0.39, 0.29) is 29.7 Å². The van der Waals surface area contributed by atoms with Gasteiger partial charge in [-0.15, -0.1) is 0 Å². The molecule has 0 aliphatic carbocycles. The highest BCUT2D eigenvalue weighted by atomic mass is 32.2. The van der Waals surface area contributed by atoms with E-state index >= 15 is 0 Å². The van der Waals surface area contributed by atoms with Crippen LogP contribution >= 0.6 is 11.8 Å². The van der Waals surface area contributed by atoms with Gasteiger partial charge in [0.15, 0.2) is 10.9 Å². The zero-order valence-electron chi connectivity index (χ0n) is 13.5. The summed E-state index contributed by atoms with van der Waals surface area (Å²) in [7, 11) is 0. The van der Waals surface area contributed by atoms with Crippen LogP contribution in [0.4, 0.5) is 0 Å². The predicted octanol–water partition coefficient (Wildman–Crippen LogP) is 1.43. The van der Waals surface area contributed by atoms with E-state index in [1.807, 2.05) is 13.8 Å². The van der Waals surface area contributed by atoms with Gasteiger partial charge in [-0.3, -0.25) is 14.7 Å². The Hall–Kier alpha value is -2.29. The summed E-state index contributed by atoms with van der Waals surface area (Å²) in [6.45, 7) is 4.47. The van der Waals surface area contributed by atoms with Gasteiger partial charge in [-0.1, -0.05) is 11.8 Å². The number of H-pyrrole nitrogens is 1. The van der Waals surface area contributed by atoms with Gasteiger partial charge in [0.05, 0.1) is 11.8 Å². The van der Waals surface area contributed by atoms with E-state index in [0.29, 0.717) is 29.6 Å². The molecule has 2 amide bonds. The first kappa shape index (κ1) is 16.6. The SMILES string of the molecule is CC(C)N1C[C@H](NC(=O)c2ccc(CSc3ncn[nH]3)o2)CC1=O. The third-order valence-electron chi connectivity index (χ3n) is 3.75. The van der Waals surface area contributed by atoms with Crippen molar-refractivity contribution in [2.24, 2.45) is 0 Å². The van der Waals surface area contributed by atoms with E-state index in [1.165, 1.54) is 18.1 Å². The topological polar surface area (TPSA) is 104 Å². The van der Waals surface area contributed by atoms with Gasteiger partial charge in [0.1, 0.15) is 12.1 Å². The molecule has 1 atom stereocenters. The zero-order chi connectivity index (χ0) is 17.1. The van der Waals surface area contributed by atoms with Crippen LogP contribution < -0.4 is 5.32 Å². The van der Waals surface area contributed by atoms with Crippen LogP contribution in [0.2, 0.25) is 0 Å². The summed E-state index contributed by atoms with van der Waals surface area (Å²) in [5.74, 6) is 1.24. The van der Waals surface area contributed by atoms with Crippen LogP contribution in [-0.2, 0) is 10.5 Å². The third-order valence-corrected chi connectivity index (χ3v) is 4.65. The standard InChI is InChI=1S/C15H19N5O3S/c1-9(2)20-6-10(5-13(20)21)18-14(22)12-4-3-11(23-12)7-24-15-16-8-17-19-15/h3-4,8-10H,5-7H2,1-2H3,(H,18,22)(H,16,17,19)/t10-/m1/s1. The number of nitrogens with one attached hydrogen (secondary N) is 2. The van der Waals surface area contributed by atoms with Crippen molar-refractivity contribution in [1.82, 2.24) is 25.4 Å². The molecule has 128 valence electrons. The van der Waals surface area contributed by atoms with Gasteiger partial charge in [0.2, 0.25) is 5.91 Å². The molecule has 2 N–H and O–H groups in total. The highest BCUT2D eigenvalue weighted by Crippen LogP contribution is 2.20. The molecule has 0 unspecified atom stereocenters. The summed E-state index contributed by atoms with van der Waals surface area (Å²) in [4.78, 5) is 29.9. The summed E-state index contributed by atoms with van der Waals surface area (Å²) in [5, 5.41) is 10.1. The first-order valence-corrected chi connectivity index (χ1v) is 8.68. The van der Waals surface area contributed by atoms with E-state index in [4.69, 9.17) is 4.42 Å². The maximum Gasteiger partial charge on any atom is 0.287 e. The molecule has 1 aliphatic rings. The number of likely N-dealkylation sites (tertiary alicyclic amines) is 1. The molecule has 2 aromatic rings. The summed E-state index contributed by atoms with van der Waals surface area (Å²) >= 11 is 1.44. The number of furan rings is 1. The van der Waals surface area contributed by atoms with Crippen LogP contribution in [0.5, 0.6) is 0 Å². The molecule has 0 saturated carbocycles. The number of carbonyl (C=O) groups excluding carboxylic acids is 2. The van der Waals surface area contributed by atoms with Crippen molar-refractivity contribution in [3.05, 3.63) is 30.0 Å². The lowest BCUT2D eigenvalue weighted by atomic mass is 10.2. The predicted molar refractivity (Wildman–Crippen MR) is 87.4 cm³/mol. The largest absolute Gasteiger partial charge is 0.455 e. The van der Waals surface area contributed by atoms with Gasteiger partial charge in [0.25, 0.3) is 5.91 Å². The number of aromatic amines is 1. The lowest BCUT2D eigenvalue weighted by Gasteiger charge is -2.20. The lowest BCUT2D eigenvalue weighted by Crippen LogP contribution is -2.38. The fraction of sp³-hybridized carbons (Fsp3) is 0.467. The van der Waals surface area contributed by atoms with Crippen LogP contribution in [0, 0.1) is 0 Å². The molecule has 1 aliphatic heterocycles. The Morgan fingerprint density at radius 3 is 3.04 bits per heavy atom. The molecular formula is C15H19N5O3S. The van der Waals surface area contributed by atoms with Crippen LogP contribution in [0.15, 0.2) is 28.0 Å². The molecule has 1 fully saturated rings. The summed E-state index contributed by atoms with van der Waals surface area (Å²) in [5.41, 5.74) is 0. The van der Waals surface area contributed by atoms with Crippen LogP contribution in [-0.4, -0.2) is 50.5 Å². The Labute approximate surface area is 143 Å². The van der Waals surface area contributed by atoms with Crippen LogP contribution in [0.1, 0.15) is 36.6 Å². The van der Waals surface area contributed by atoms with E-state index in [0.717, 1.165) is 0 Å². The fourth-order valence-electron chi connectivity index (χ4n) is 2.56. The van der Waals surface area contributed by atoms with Gasteiger partial charge in [-0.05, 0) is 26.0 Å². The molecule has 0 bridgehead atoms. The van der Waals surface area contributed by atoms with Crippen molar-refractivity contribution >= 4 is 23.6 Å². The molecule has 3 rings (SSSR count). The maximum absolute atomic E-state index is 12.3. The Bertz CT molecular complexity index is 713. The van der Waals surface area contributed by atoms with Gasteiger partial charge in [-0.2, -0.15) is 5.10 Å². The first-order valence-electron chi connectivity index (χ1n) is 7.70. The minimum Gasteiger partial charge on any atom is -0.455 e. The van der Waals surface area contributed by atoms with E-state index in [9.17, 15) is 9.59 Å². The van der Waals surface area contributed by atoms with Crippen molar-refractivity contribution in [2.45, 2.75) is 43.3 Å². The number of rotatable bonds is 6. The molecule has 1 saturated heterocycles. The Balaban J connectivity index is 1.53. The summed E-state index contributed by atoms with van der Waals surface area (Å²) in [6, 6.07) is 3.37. The number of carbonyl (C=O) groups is 2. The van der Waals surface area contributed by atoms with E-state index in [1.54, 1.807) is 17.0 Å². The maximum atomic E-state index is 12.3. The highest BCUT2D eigenvalue weighted by molar-refractivity contribution is 7.98. The van der Waals surface area contributed by atoms with Crippen molar-refractivity contribution < 1.29 is 14.0 Å². The Morgan fingerprint density at radius 2 is 2.38 bits per heavy atom. The van der Waals surface area contributed by atoms with Gasteiger partial charge >= 0.3 is 0 Å². The van der Waals surface area contributed by atoms with Crippen molar-refractivity contribution in [3.63, 3.8) is 0 Å². The van der Waals surface area contributed by atoms with Gasteiger partial charge in [0, 0.05) is 19.0 Å². The van der Waals surface area contributed by atoms with E-state index < -0.39 is 0 Å². The Kier molecular flexibility index (Phi) is 4.89. The minimum atomic E-state index is -0.297. The van der Waals surface area contributed by atoms with Crippen molar-refractivity contribution in [2.75, 3.05) is 6.54 Å². The molecule has 0 aromatic carbocycles. The van der Waals surface area contributed by atoms with Crippen molar-refractivity contribution in [3.8, 4) is 0 Å². The second-order valence-corrected chi connectivity index (χ2v) is 6.82. The third kappa shape index (κ3) is 3.78. The second-order valence-electron chi connectivity index (χ2n) is 5.86. The fourth-order valence-corrected chi connectivity index (χ4v) is 3.24. The molecule has 8 nitrogen and oxygen atoms in total. The monoisotopic (exact) mass is 349 g/mol. The summed E-state index contributed by atoms with van der Waals surface area (Å²) in [6.07, 6.45) is 1.77. The quantitative estimate of drug-likeness (QED) is 0.765. The molecule has 9 heteroatoms. The summed E-state index contributed by atoms with van der Waals surface area (Å²) < 4.78 is 5.56.